The van der Waals surface area contributed by atoms with E-state index in [2.05, 4.69) is 20.4 Å². The first-order chi connectivity index (χ1) is 12.6. The molecule has 1 atom stereocenters. The van der Waals surface area contributed by atoms with Gasteiger partial charge in [-0.05, 0) is 19.3 Å². The minimum Gasteiger partial charge on any atom is -0.462 e. The van der Waals surface area contributed by atoms with Crippen LogP contribution >= 0.6 is 0 Å². The topological polar surface area (TPSA) is 26.3 Å². The van der Waals surface area contributed by atoms with E-state index in [4.69, 9.17) is 4.74 Å². The number of esters is 1. The zero-order valence-electron chi connectivity index (χ0n) is 18.1. The van der Waals surface area contributed by atoms with Gasteiger partial charge in [0.25, 0.3) is 0 Å². The molecule has 1 unspecified atom stereocenters. The Morgan fingerprint density at radius 2 is 1.19 bits per heavy atom. The van der Waals surface area contributed by atoms with Crippen LogP contribution in [0.2, 0.25) is 0 Å². The van der Waals surface area contributed by atoms with Gasteiger partial charge < -0.3 is 4.74 Å². The third-order valence-corrected chi connectivity index (χ3v) is 5.22. The van der Waals surface area contributed by atoms with E-state index < -0.39 is 0 Å². The van der Waals surface area contributed by atoms with Crippen molar-refractivity contribution in [3.8, 4) is 0 Å². The minimum absolute atomic E-state index is 0.255. The van der Waals surface area contributed by atoms with Crippen molar-refractivity contribution in [1.82, 2.24) is 0 Å². The minimum atomic E-state index is -0.255. The van der Waals surface area contributed by atoms with Crippen molar-refractivity contribution in [2.45, 2.75) is 124 Å². The second kappa shape index (κ2) is 19.0. The summed E-state index contributed by atoms with van der Waals surface area (Å²) in [6, 6.07) is 0. The summed E-state index contributed by atoms with van der Waals surface area (Å²) in [5.74, 6) is 0.611. The van der Waals surface area contributed by atoms with Crippen LogP contribution in [0.5, 0.6) is 0 Å². The Labute approximate surface area is 164 Å². The normalized spacial score (nSPS) is 12.1. The molecule has 2 nitrogen and oxygen atoms in total. The van der Waals surface area contributed by atoms with Crippen molar-refractivity contribution in [1.29, 1.82) is 0 Å². The van der Waals surface area contributed by atoms with Crippen molar-refractivity contribution >= 4 is 5.97 Å². The lowest BCUT2D eigenvalue weighted by atomic mass is 9.96. The van der Waals surface area contributed by atoms with Crippen molar-refractivity contribution in [3.63, 3.8) is 0 Å². The van der Waals surface area contributed by atoms with Gasteiger partial charge in [0.15, 0.2) is 0 Å². The lowest BCUT2D eigenvalue weighted by molar-refractivity contribution is -0.139. The number of carbonyl (C=O) groups is 1. The maximum Gasteiger partial charge on any atom is 0.333 e. The molecule has 0 aromatic rings. The molecule has 0 aliphatic heterocycles. The van der Waals surface area contributed by atoms with Gasteiger partial charge in [0.05, 0.1) is 6.61 Å². The molecule has 0 radical (unpaired) electrons. The van der Waals surface area contributed by atoms with Crippen LogP contribution in [0.1, 0.15) is 124 Å². The number of hydrogen-bond acceptors (Lipinski definition) is 2. The summed E-state index contributed by atoms with van der Waals surface area (Å²) in [5.41, 5.74) is 0.491. The van der Waals surface area contributed by atoms with E-state index in [9.17, 15) is 4.79 Å². The lowest BCUT2D eigenvalue weighted by Gasteiger charge is -2.11. The SMILES string of the molecule is C=C(C)C(=O)OCCCCCCC(C)CCCCCCCCCCCC. The van der Waals surface area contributed by atoms with Crippen LogP contribution in [0, 0.1) is 5.92 Å². The fourth-order valence-corrected chi connectivity index (χ4v) is 3.36. The Morgan fingerprint density at radius 1 is 0.769 bits per heavy atom. The summed E-state index contributed by atoms with van der Waals surface area (Å²) >= 11 is 0. The van der Waals surface area contributed by atoms with Crippen molar-refractivity contribution < 1.29 is 9.53 Å². The molecule has 26 heavy (non-hydrogen) atoms. The van der Waals surface area contributed by atoms with Gasteiger partial charge in [0.2, 0.25) is 0 Å². The van der Waals surface area contributed by atoms with E-state index in [1.54, 1.807) is 6.92 Å². The third kappa shape index (κ3) is 18.0. The van der Waals surface area contributed by atoms with Crippen LogP contribution in [0.4, 0.5) is 0 Å². The molecular formula is C24H46O2. The zero-order chi connectivity index (χ0) is 19.5. The van der Waals surface area contributed by atoms with Crippen LogP contribution < -0.4 is 0 Å². The van der Waals surface area contributed by atoms with Gasteiger partial charge >= 0.3 is 5.97 Å². The maximum absolute atomic E-state index is 11.2. The Bertz CT molecular complexity index is 335. The monoisotopic (exact) mass is 366 g/mol. The van der Waals surface area contributed by atoms with E-state index >= 15 is 0 Å². The molecule has 0 fully saturated rings. The lowest BCUT2D eigenvalue weighted by Crippen LogP contribution is -2.06. The van der Waals surface area contributed by atoms with E-state index in [0.717, 1.165) is 18.8 Å². The molecule has 0 aromatic heterocycles. The van der Waals surface area contributed by atoms with E-state index in [-0.39, 0.29) is 5.97 Å². The molecule has 0 bridgehead atoms. The van der Waals surface area contributed by atoms with Gasteiger partial charge in [-0.2, -0.15) is 0 Å². The highest BCUT2D eigenvalue weighted by Gasteiger charge is 2.04. The Morgan fingerprint density at radius 3 is 1.65 bits per heavy atom. The van der Waals surface area contributed by atoms with Gasteiger partial charge in [-0.25, -0.2) is 4.79 Å². The molecule has 2 heteroatoms. The van der Waals surface area contributed by atoms with Gasteiger partial charge in [-0.15, -0.1) is 0 Å². The molecule has 154 valence electrons. The number of carbonyl (C=O) groups excluding carboxylic acids is 1. The van der Waals surface area contributed by atoms with Crippen LogP contribution in [0.25, 0.3) is 0 Å². The highest BCUT2D eigenvalue weighted by Crippen LogP contribution is 2.18. The van der Waals surface area contributed by atoms with Crippen molar-refractivity contribution in [3.05, 3.63) is 12.2 Å². The second-order valence-corrected chi connectivity index (χ2v) is 8.19. The predicted octanol–water partition coefficient (Wildman–Crippen LogP) is 8.00. The first-order valence-corrected chi connectivity index (χ1v) is 11.4. The molecule has 0 saturated heterocycles. The van der Waals surface area contributed by atoms with Gasteiger partial charge in [-0.1, -0.05) is 117 Å². The third-order valence-electron chi connectivity index (χ3n) is 5.22. The number of ether oxygens (including phenoxy) is 1. The van der Waals surface area contributed by atoms with Crippen LogP contribution in [0.3, 0.4) is 0 Å². The fourth-order valence-electron chi connectivity index (χ4n) is 3.36. The first kappa shape index (κ1) is 25.2. The van der Waals surface area contributed by atoms with Crippen LogP contribution in [-0.4, -0.2) is 12.6 Å². The maximum atomic E-state index is 11.2. The Kier molecular flexibility index (Phi) is 18.4. The number of unbranched alkanes of at least 4 members (excludes halogenated alkanes) is 12. The van der Waals surface area contributed by atoms with Crippen molar-refractivity contribution in [2.75, 3.05) is 6.61 Å². The molecule has 0 saturated carbocycles. The molecule has 0 amide bonds. The van der Waals surface area contributed by atoms with Crippen LogP contribution in [-0.2, 0) is 9.53 Å². The summed E-state index contributed by atoms with van der Waals surface area (Å²) in [6.07, 6.45) is 21.7. The molecule has 0 N–H and O–H groups in total. The summed E-state index contributed by atoms with van der Waals surface area (Å²) in [5, 5.41) is 0. The molecule has 0 rings (SSSR count). The number of rotatable bonds is 19. The largest absolute Gasteiger partial charge is 0.462 e. The second-order valence-electron chi connectivity index (χ2n) is 8.19. The molecule has 0 heterocycles. The molecule has 0 aliphatic rings. The Hall–Kier alpha value is -0.790. The van der Waals surface area contributed by atoms with E-state index in [1.807, 2.05) is 0 Å². The van der Waals surface area contributed by atoms with E-state index in [1.165, 1.54) is 89.9 Å². The summed E-state index contributed by atoms with van der Waals surface area (Å²) in [4.78, 5) is 11.2. The predicted molar refractivity (Wildman–Crippen MR) is 114 cm³/mol. The highest BCUT2D eigenvalue weighted by atomic mass is 16.5. The first-order valence-electron chi connectivity index (χ1n) is 11.4. The smallest absolute Gasteiger partial charge is 0.333 e. The highest BCUT2D eigenvalue weighted by molar-refractivity contribution is 5.86. The molecule has 0 aromatic carbocycles. The van der Waals surface area contributed by atoms with E-state index in [0.29, 0.717) is 12.2 Å². The Balaban J connectivity index is 3.23. The van der Waals surface area contributed by atoms with Gasteiger partial charge in [0, 0.05) is 5.57 Å². The molecular weight excluding hydrogens is 320 g/mol. The van der Waals surface area contributed by atoms with Crippen LogP contribution in [0.15, 0.2) is 12.2 Å². The standard InChI is InChI=1S/C24H46O2/c1-5-6-7-8-9-10-11-12-13-16-19-23(4)20-17-14-15-18-21-26-24(25)22(2)3/h23H,2,5-21H2,1,3-4H3. The summed E-state index contributed by atoms with van der Waals surface area (Å²) in [7, 11) is 0. The van der Waals surface area contributed by atoms with Gasteiger partial charge in [-0.3, -0.25) is 0 Å². The number of hydrogen-bond donors (Lipinski definition) is 0. The van der Waals surface area contributed by atoms with Crippen molar-refractivity contribution in [2.24, 2.45) is 5.92 Å². The molecule has 0 spiro atoms. The van der Waals surface area contributed by atoms with Gasteiger partial charge in [0.1, 0.15) is 0 Å². The summed E-state index contributed by atoms with van der Waals surface area (Å²) < 4.78 is 5.11. The quantitative estimate of drug-likeness (QED) is 0.131. The zero-order valence-corrected chi connectivity index (χ0v) is 18.1. The average Bonchev–Trinajstić information content (AvgIpc) is 2.62. The molecule has 0 aliphatic carbocycles. The fraction of sp³-hybridized carbons (Fsp3) is 0.875. The average molecular weight is 367 g/mol. The summed E-state index contributed by atoms with van der Waals surface area (Å²) in [6.45, 7) is 10.5.